The smallest absolute Gasteiger partial charge is 0.229 e. The Morgan fingerprint density at radius 1 is 1.12 bits per heavy atom. The number of rotatable bonds is 5. The van der Waals surface area contributed by atoms with Crippen molar-refractivity contribution in [2.75, 3.05) is 36.9 Å². The van der Waals surface area contributed by atoms with E-state index in [-0.39, 0.29) is 0 Å². The van der Waals surface area contributed by atoms with Crippen LogP contribution in [0.15, 0.2) is 30.6 Å². The summed E-state index contributed by atoms with van der Waals surface area (Å²) in [7, 11) is 1.87. The van der Waals surface area contributed by atoms with Crippen molar-refractivity contribution in [1.29, 1.82) is 5.26 Å². The molecule has 3 aromatic rings. The lowest BCUT2D eigenvalue weighted by molar-refractivity contribution is 0.00791. The van der Waals surface area contributed by atoms with Gasteiger partial charge in [-0.2, -0.15) is 15.3 Å². The summed E-state index contributed by atoms with van der Waals surface area (Å²) in [5.41, 5.74) is 2.24. The first-order chi connectivity index (χ1) is 15.7. The summed E-state index contributed by atoms with van der Waals surface area (Å²) in [6.07, 6.45) is 8.15. The Balaban J connectivity index is 1.36. The molecule has 0 bridgehead atoms. The second-order valence-electron chi connectivity index (χ2n) is 8.57. The Bertz CT molecular complexity index is 1120. The van der Waals surface area contributed by atoms with Crippen LogP contribution in [-0.4, -0.2) is 63.0 Å². The zero-order valence-corrected chi connectivity index (χ0v) is 18.3. The van der Waals surface area contributed by atoms with Crippen molar-refractivity contribution in [3.05, 3.63) is 36.2 Å². The molecular formula is C23H28N8O. The molecule has 1 aromatic carbocycles. The van der Waals surface area contributed by atoms with Crippen molar-refractivity contribution in [2.24, 2.45) is 7.05 Å². The van der Waals surface area contributed by atoms with Gasteiger partial charge in [-0.25, -0.2) is 4.98 Å². The number of ether oxygens (including phenoxy) is 1. The van der Waals surface area contributed by atoms with Gasteiger partial charge in [0.15, 0.2) is 0 Å². The highest BCUT2D eigenvalue weighted by Crippen LogP contribution is 2.30. The van der Waals surface area contributed by atoms with Gasteiger partial charge >= 0.3 is 0 Å². The molecule has 1 saturated heterocycles. The highest BCUT2D eigenvalue weighted by atomic mass is 16.5. The molecule has 2 aromatic heterocycles. The summed E-state index contributed by atoms with van der Waals surface area (Å²) in [5, 5.41) is 21.3. The Labute approximate surface area is 187 Å². The summed E-state index contributed by atoms with van der Waals surface area (Å²) in [6.45, 7) is 3.78. The maximum Gasteiger partial charge on any atom is 0.229 e. The van der Waals surface area contributed by atoms with E-state index in [0.717, 1.165) is 61.6 Å². The van der Waals surface area contributed by atoms with Crippen LogP contribution in [0.3, 0.4) is 0 Å². The van der Waals surface area contributed by atoms with Crippen molar-refractivity contribution in [3.8, 4) is 6.07 Å². The topological polar surface area (TPSA) is 104 Å². The van der Waals surface area contributed by atoms with Gasteiger partial charge in [-0.1, -0.05) is 0 Å². The normalized spacial score (nSPS) is 21.9. The van der Waals surface area contributed by atoms with Crippen molar-refractivity contribution in [1.82, 2.24) is 24.6 Å². The molecule has 9 nitrogen and oxygen atoms in total. The van der Waals surface area contributed by atoms with Gasteiger partial charge in [0.05, 0.1) is 42.2 Å². The summed E-state index contributed by atoms with van der Waals surface area (Å²) < 4.78 is 7.23. The molecule has 5 rings (SSSR count). The van der Waals surface area contributed by atoms with Crippen LogP contribution in [0.1, 0.15) is 31.2 Å². The Morgan fingerprint density at radius 3 is 2.66 bits per heavy atom. The molecule has 1 aliphatic carbocycles. The monoisotopic (exact) mass is 432 g/mol. The van der Waals surface area contributed by atoms with E-state index in [1.165, 1.54) is 12.8 Å². The first-order valence-corrected chi connectivity index (χ1v) is 11.2. The van der Waals surface area contributed by atoms with Crippen molar-refractivity contribution in [2.45, 2.75) is 37.8 Å². The van der Waals surface area contributed by atoms with Crippen LogP contribution in [0, 0.1) is 11.3 Å². The summed E-state index contributed by atoms with van der Waals surface area (Å²) in [5.74, 6) is 1.29. The molecule has 1 saturated carbocycles. The number of nitrogens with one attached hydrogen (secondary N) is 2. The lowest BCUT2D eigenvalue weighted by atomic mass is 9.90. The van der Waals surface area contributed by atoms with Crippen molar-refractivity contribution in [3.63, 3.8) is 0 Å². The van der Waals surface area contributed by atoms with Crippen LogP contribution in [0.25, 0.3) is 10.9 Å². The lowest BCUT2D eigenvalue weighted by Crippen LogP contribution is -2.46. The first-order valence-electron chi connectivity index (χ1n) is 11.2. The molecular weight excluding hydrogens is 404 g/mol. The van der Waals surface area contributed by atoms with E-state index in [1.54, 1.807) is 16.9 Å². The molecule has 9 heteroatoms. The molecule has 166 valence electrons. The van der Waals surface area contributed by atoms with Crippen LogP contribution in [0.5, 0.6) is 0 Å². The predicted molar refractivity (Wildman–Crippen MR) is 123 cm³/mol. The summed E-state index contributed by atoms with van der Waals surface area (Å²) in [6, 6.07) is 8.76. The third-order valence-corrected chi connectivity index (χ3v) is 6.39. The van der Waals surface area contributed by atoms with Crippen LogP contribution in [-0.2, 0) is 11.8 Å². The second-order valence-corrected chi connectivity index (χ2v) is 8.57. The van der Waals surface area contributed by atoms with Crippen LogP contribution >= 0.6 is 0 Å². The minimum atomic E-state index is 0.349. The fourth-order valence-corrected chi connectivity index (χ4v) is 4.70. The maximum atomic E-state index is 9.37. The highest BCUT2D eigenvalue weighted by molar-refractivity contribution is 5.91. The van der Waals surface area contributed by atoms with Gasteiger partial charge in [0.1, 0.15) is 5.82 Å². The van der Waals surface area contributed by atoms with Crippen LogP contribution in [0.2, 0.25) is 0 Å². The minimum absolute atomic E-state index is 0.349. The van der Waals surface area contributed by atoms with Gasteiger partial charge in [0.2, 0.25) is 5.95 Å². The molecule has 0 atom stereocenters. The van der Waals surface area contributed by atoms with E-state index in [0.29, 0.717) is 23.6 Å². The zero-order valence-electron chi connectivity index (χ0n) is 18.3. The third kappa shape index (κ3) is 4.52. The fourth-order valence-electron chi connectivity index (χ4n) is 4.70. The number of hydrogen-bond acceptors (Lipinski definition) is 8. The molecule has 0 amide bonds. The summed E-state index contributed by atoms with van der Waals surface area (Å²) in [4.78, 5) is 12.0. The lowest BCUT2D eigenvalue weighted by Gasteiger charge is -2.39. The number of aromatic nitrogens is 4. The molecule has 0 radical (unpaired) electrons. The molecule has 2 aliphatic rings. The van der Waals surface area contributed by atoms with E-state index in [9.17, 15) is 5.26 Å². The molecule has 0 unspecified atom stereocenters. The molecule has 32 heavy (non-hydrogen) atoms. The van der Waals surface area contributed by atoms with Gasteiger partial charge < -0.3 is 15.4 Å². The average molecular weight is 433 g/mol. The molecule has 2 N–H and O–H groups in total. The van der Waals surface area contributed by atoms with Gasteiger partial charge in [-0.15, -0.1) is 0 Å². The Morgan fingerprint density at radius 2 is 1.94 bits per heavy atom. The average Bonchev–Trinajstić information content (AvgIpc) is 3.24. The van der Waals surface area contributed by atoms with E-state index >= 15 is 0 Å². The third-order valence-electron chi connectivity index (χ3n) is 6.39. The van der Waals surface area contributed by atoms with Crippen LogP contribution in [0.4, 0.5) is 17.5 Å². The van der Waals surface area contributed by atoms with E-state index in [2.05, 4.69) is 31.7 Å². The zero-order chi connectivity index (χ0) is 21.9. The molecule has 1 aliphatic heterocycles. The predicted octanol–water partition coefficient (Wildman–Crippen LogP) is 3.03. The SMILES string of the molecule is Cn1cc(Nc2nc(NC3CCC(N4CCOCC4)CC3)c3cc(C#N)ccc3n2)cn1. The van der Waals surface area contributed by atoms with Gasteiger partial charge in [-0.05, 0) is 43.9 Å². The van der Waals surface area contributed by atoms with Gasteiger partial charge in [0.25, 0.3) is 0 Å². The number of nitrogens with zero attached hydrogens (tertiary/aromatic N) is 6. The Hall–Kier alpha value is -3.22. The Kier molecular flexibility index (Phi) is 5.88. The standard InChI is InChI=1S/C23H28N8O/c1-30-15-18(14-25-30)27-23-28-21-7-2-16(13-24)12-20(21)22(29-23)26-17-3-5-19(6-4-17)31-8-10-32-11-9-31/h2,7,12,14-15,17,19H,3-6,8-11H2,1H3,(H2,26,27,28,29). The van der Waals surface area contributed by atoms with E-state index in [4.69, 9.17) is 9.72 Å². The number of morpholine rings is 1. The number of aryl methyl sites for hydroxylation is 1. The van der Waals surface area contributed by atoms with E-state index in [1.807, 2.05) is 25.4 Å². The first kappa shape index (κ1) is 20.7. The number of anilines is 3. The molecule has 0 spiro atoms. The van der Waals surface area contributed by atoms with Gasteiger partial charge in [-0.3, -0.25) is 9.58 Å². The van der Waals surface area contributed by atoms with Gasteiger partial charge in [0, 0.05) is 43.8 Å². The van der Waals surface area contributed by atoms with E-state index < -0.39 is 0 Å². The van der Waals surface area contributed by atoms with Crippen molar-refractivity contribution >= 4 is 28.4 Å². The largest absolute Gasteiger partial charge is 0.379 e. The number of nitriles is 1. The molecule has 3 heterocycles. The summed E-state index contributed by atoms with van der Waals surface area (Å²) >= 11 is 0. The second kappa shape index (κ2) is 9.10. The number of hydrogen-bond donors (Lipinski definition) is 2. The number of benzene rings is 1. The fraction of sp³-hybridized carbons (Fsp3) is 0.478. The molecule has 2 fully saturated rings. The quantitative estimate of drug-likeness (QED) is 0.634. The minimum Gasteiger partial charge on any atom is -0.379 e. The van der Waals surface area contributed by atoms with Crippen LogP contribution < -0.4 is 10.6 Å². The highest BCUT2D eigenvalue weighted by Gasteiger charge is 2.27. The van der Waals surface area contributed by atoms with Crippen molar-refractivity contribution < 1.29 is 4.74 Å². The number of fused-ring (bicyclic) bond motifs is 1. The maximum absolute atomic E-state index is 9.37.